The van der Waals surface area contributed by atoms with Gasteiger partial charge in [-0.3, -0.25) is 9.59 Å². The number of halogens is 3. The van der Waals surface area contributed by atoms with Crippen molar-refractivity contribution in [1.82, 2.24) is 9.47 Å². The summed E-state index contributed by atoms with van der Waals surface area (Å²) >= 11 is 0. The van der Waals surface area contributed by atoms with Crippen molar-refractivity contribution in [2.75, 3.05) is 14.2 Å². The van der Waals surface area contributed by atoms with Gasteiger partial charge in [0.15, 0.2) is 0 Å². The second kappa shape index (κ2) is 7.68. The third kappa shape index (κ3) is 4.78. The first-order chi connectivity index (χ1) is 12.5. The van der Waals surface area contributed by atoms with Gasteiger partial charge in [-0.2, -0.15) is 13.2 Å². The van der Waals surface area contributed by atoms with Crippen LogP contribution in [-0.2, 0) is 28.8 Å². The lowest BCUT2D eigenvalue weighted by molar-refractivity contribution is -0.138. The van der Waals surface area contributed by atoms with Crippen molar-refractivity contribution < 1.29 is 31.9 Å². The zero-order chi connectivity index (χ0) is 20.4. The van der Waals surface area contributed by atoms with Crippen LogP contribution >= 0.6 is 0 Å². The summed E-state index contributed by atoms with van der Waals surface area (Å²) in [7, 11) is 2.62. The Kier molecular flexibility index (Phi) is 5.77. The van der Waals surface area contributed by atoms with Crippen LogP contribution in [0.2, 0.25) is 0 Å². The molecule has 7 nitrogen and oxygen atoms in total. The molecule has 2 aromatic rings. The van der Waals surface area contributed by atoms with Gasteiger partial charge in [0.05, 0.1) is 19.2 Å². The maximum absolute atomic E-state index is 12.8. The fraction of sp³-hybridized carbons (Fsp3) is 0.353. The molecule has 0 unspecified atom stereocenters. The van der Waals surface area contributed by atoms with Gasteiger partial charge in [0.25, 0.3) is 5.56 Å². The van der Waals surface area contributed by atoms with Crippen LogP contribution in [0.1, 0.15) is 27.4 Å². The number of esters is 1. The van der Waals surface area contributed by atoms with Crippen LogP contribution in [0.25, 0.3) is 0 Å². The van der Waals surface area contributed by atoms with E-state index in [1.54, 1.807) is 6.92 Å². The highest BCUT2D eigenvalue weighted by atomic mass is 19.4. The molecular formula is C17H17F3N2O5. The summed E-state index contributed by atoms with van der Waals surface area (Å²) < 4.78 is 48.9. The van der Waals surface area contributed by atoms with E-state index < -0.39 is 35.7 Å². The van der Waals surface area contributed by atoms with Crippen molar-refractivity contribution in [2.45, 2.75) is 26.2 Å². The standard InChI is InChI=1S/C17H17F3N2O5/c1-10-13(16(25)26-3)6-12(27-10)8-21(2)15(24)9-22-7-11(17(18,19)20)4-5-14(22)23/h4-7H,8-9H2,1-3H3. The summed E-state index contributed by atoms with van der Waals surface area (Å²) in [6, 6.07) is 2.84. The van der Waals surface area contributed by atoms with E-state index in [0.29, 0.717) is 28.4 Å². The van der Waals surface area contributed by atoms with E-state index in [-0.39, 0.29) is 12.1 Å². The van der Waals surface area contributed by atoms with Crippen molar-refractivity contribution in [3.8, 4) is 0 Å². The number of methoxy groups -OCH3 is 1. The number of rotatable bonds is 5. The number of nitrogens with zero attached hydrogens (tertiary/aromatic N) is 2. The fourth-order valence-corrected chi connectivity index (χ4v) is 2.35. The number of carbonyl (C=O) groups is 2. The number of furan rings is 1. The molecule has 0 saturated heterocycles. The maximum atomic E-state index is 12.8. The second-order valence-corrected chi connectivity index (χ2v) is 5.81. The van der Waals surface area contributed by atoms with Gasteiger partial charge in [0.1, 0.15) is 23.6 Å². The van der Waals surface area contributed by atoms with Crippen molar-refractivity contribution >= 4 is 11.9 Å². The summed E-state index contributed by atoms with van der Waals surface area (Å²) in [5, 5.41) is 0. The van der Waals surface area contributed by atoms with Crippen LogP contribution < -0.4 is 5.56 Å². The van der Waals surface area contributed by atoms with Crippen molar-refractivity contribution in [1.29, 1.82) is 0 Å². The van der Waals surface area contributed by atoms with Crippen LogP contribution in [0, 0.1) is 6.92 Å². The highest BCUT2D eigenvalue weighted by Crippen LogP contribution is 2.28. The van der Waals surface area contributed by atoms with Gasteiger partial charge in [-0.1, -0.05) is 0 Å². The number of hydrogen-bond donors (Lipinski definition) is 0. The molecule has 0 aliphatic rings. The average molecular weight is 386 g/mol. The van der Waals surface area contributed by atoms with Gasteiger partial charge in [-0.25, -0.2) is 4.79 Å². The molecule has 0 aliphatic heterocycles. The maximum Gasteiger partial charge on any atom is 0.417 e. The van der Waals surface area contributed by atoms with E-state index in [0.717, 1.165) is 6.07 Å². The van der Waals surface area contributed by atoms with Crippen molar-refractivity contribution in [3.63, 3.8) is 0 Å². The number of alkyl halides is 3. The van der Waals surface area contributed by atoms with E-state index in [2.05, 4.69) is 4.74 Å². The quantitative estimate of drug-likeness (QED) is 0.736. The Morgan fingerprint density at radius 1 is 1.30 bits per heavy atom. The second-order valence-electron chi connectivity index (χ2n) is 5.81. The Morgan fingerprint density at radius 3 is 2.56 bits per heavy atom. The van der Waals surface area contributed by atoms with Crippen molar-refractivity contribution in [3.05, 3.63) is 57.4 Å². The van der Waals surface area contributed by atoms with Crippen LogP contribution in [0.4, 0.5) is 13.2 Å². The number of ether oxygens (including phenoxy) is 1. The molecule has 0 radical (unpaired) electrons. The van der Waals surface area contributed by atoms with Crippen LogP contribution in [0.15, 0.2) is 33.6 Å². The van der Waals surface area contributed by atoms with Gasteiger partial charge in [0, 0.05) is 19.3 Å². The first-order valence-electron chi connectivity index (χ1n) is 7.72. The SMILES string of the molecule is COC(=O)c1cc(CN(C)C(=O)Cn2cc(C(F)(F)F)ccc2=O)oc1C. The molecule has 2 aromatic heterocycles. The summed E-state index contributed by atoms with van der Waals surface area (Å²) in [4.78, 5) is 36.7. The lowest BCUT2D eigenvalue weighted by Crippen LogP contribution is -2.33. The number of amides is 1. The van der Waals surface area contributed by atoms with E-state index in [1.807, 2.05) is 0 Å². The number of carbonyl (C=O) groups excluding carboxylic acids is 2. The third-order valence-electron chi connectivity index (χ3n) is 3.81. The molecule has 1 amide bonds. The summed E-state index contributed by atoms with van der Waals surface area (Å²) in [5.74, 6) is -0.593. The molecule has 0 aliphatic carbocycles. The Hall–Kier alpha value is -3.04. The van der Waals surface area contributed by atoms with E-state index in [1.165, 1.54) is 25.1 Å². The molecule has 0 aromatic carbocycles. The largest absolute Gasteiger partial charge is 0.465 e. The molecule has 27 heavy (non-hydrogen) atoms. The van der Waals surface area contributed by atoms with E-state index >= 15 is 0 Å². The number of aryl methyl sites for hydroxylation is 1. The molecule has 0 fully saturated rings. The molecule has 146 valence electrons. The Labute approximate surface area is 151 Å². The normalized spacial score (nSPS) is 11.3. The van der Waals surface area contributed by atoms with E-state index in [9.17, 15) is 27.6 Å². The highest BCUT2D eigenvalue weighted by Gasteiger charge is 2.31. The topological polar surface area (TPSA) is 81.8 Å². The van der Waals surface area contributed by atoms with Gasteiger partial charge in [0.2, 0.25) is 5.91 Å². The van der Waals surface area contributed by atoms with Gasteiger partial charge >= 0.3 is 12.1 Å². The van der Waals surface area contributed by atoms with Crippen molar-refractivity contribution in [2.24, 2.45) is 0 Å². The third-order valence-corrected chi connectivity index (χ3v) is 3.81. The predicted molar refractivity (Wildman–Crippen MR) is 87.0 cm³/mol. The zero-order valence-electron chi connectivity index (χ0n) is 14.8. The van der Waals surface area contributed by atoms with Crippen LogP contribution in [-0.4, -0.2) is 35.5 Å². The number of aromatic nitrogens is 1. The first kappa shape index (κ1) is 20.3. The smallest absolute Gasteiger partial charge is 0.417 e. The molecule has 2 rings (SSSR count). The van der Waals surface area contributed by atoms with Gasteiger partial charge < -0.3 is 18.6 Å². The molecule has 2 heterocycles. The first-order valence-corrected chi connectivity index (χ1v) is 7.72. The number of hydrogen-bond acceptors (Lipinski definition) is 5. The van der Waals surface area contributed by atoms with Crippen LogP contribution in [0.3, 0.4) is 0 Å². The number of likely N-dealkylation sites (N-methyl/N-ethyl adjacent to an activating group) is 1. The minimum atomic E-state index is -4.62. The Morgan fingerprint density at radius 2 is 1.96 bits per heavy atom. The lowest BCUT2D eigenvalue weighted by Gasteiger charge is -2.17. The van der Waals surface area contributed by atoms with E-state index in [4.69, 9.17) is 4.42 Å². The Bertz CT molecular complexity index is 914. The summed E-state index contributed by atoms with van der Waals surface area (Å²) in [5.41, 5.74) is -1.55. The summed E-state index contributed by atoms with van der Waals surface area (Å²) in [6.45, 7) is 0.951. The predicted octanol–water partition coefficient (Wildman–Crippen LogP) is 2.21. The molecule has 0 atom stereocenters. The molecule has 0 saturated carbocycles. The lowest BCUT2D eigenvalue weighted by atomic mass is 10.2. The zero-order valence-corrected chi connectivity index (χ0v) is 14.8. The van der Waals surface area contributed by atoms with Gasteiger partial charge in [-0.15, -0.1) is 0 Å². The monoisotopic (exact) mass is 386 g/mol. The minimum Gasteiger partial charge on any atom is -0.465 e. The molecular weight excluding hydrogens is 369 g/mol. The summed E-state index contributed by atoms with van der Waals surface area (Å²) in [6.07, 6.45) is -4.03. The molecule has 0 bridgehead atoms. The fourth-order valence-electron chi connectivity index (χ4n) is 2.35. The average Bonchev–Trinajstić information content (AvgIpc) is 2.95. The minimum absolute atomic E-state index is 0.0373. The molecule has 0 N–H and O–H groups in total. The van der Waals surface area contributed by atoms with Gasteiger partial charge in [-0.05, 0) is 19.1 Å². The molecule has 0 spiro atoms. The number of pyridine rings is 1. The molecule has 10 heteroatoms. The highest BCUT2D eigenvalue weighted by molar-refractivity contribution is 5.90. The van der Waals surface area contributed by atoms with Crippen LogP contribution in [0.5, 0.6) is 0 Å². The Balaban J connectivity index is 2.13.